The third kappa shape index (κ3) is 9.18. The Bertz CT molecular complexity index is 1740. The van der Waals surface area contributed by atoms with Gasteiger partial charge < -0.3 is 14.9 Å². The number of esters is 1. The summed E-state index contributed by atoms with van der Waals surface area (Å²) in [4.78, 5) is 17.6. The number of aromatic hydroxyl groups is 1. The second kappa shape index (κ2) is 14.4. The smallest absolute Gasteiger partial charge is 0.337 e. The Morgan fingerprint density at radius 2 is 1.06 bits per heavy atom. The van der Waals surface area contributed by atoms with Gasteiger partial charge in [-0.3, -0.25) is 4.99 Å². The number of carbonyl (C=O) groups is 1. The summed E-state index contributed by atoms with van der Waals surface area (Å²) in [7, 11) is 1.33. The van der Waals surface area contributed by atoms with Crippen LogP contribution in [0.15, 0.2) is 89.9 Å². The zero-order chi connectivity index (χ0) is 38.2. The molecule has 0 aliphatic carbocycles. The van der Waals surface area contributed by atoms with Crippen LogP contribution in [0.2, 0.25) is 0 Å². The first kappa shape index (κ1) is 39.6. The number of benzene rings is 4. The summed E-state index contributed by atoms with van der Waals surface area (Å²) in [6.45, 7) is 26.4. The molecule has 0 bridgehead atoms. The lowest BCUT2D eigenvalue weighted by Crippen LogP contribution is -2.42. The lowest BCUT2D eigenvalue weighted by Gasteiger charge is -2.39. The Morgan fingerprint density at radius 1 is 0.647 bits per heavy atom. The lowest BCUT2D eigenvalue weighted by atomic mass is 9.70. The highest BCUT2D eigenvalue weighted by molar-refractivity contribution is 5.93. The molecule has 0 radical (unpaired) electrons. The number of ether oxygens (including phenoxy) is 1. The third-order valence-electron chi connectivity index (χ3n) is 9.81. The average Bonchev–Trinajstić information content (AvgIpc) is 3.05. The Balaban J connectivity index is 2.17. The summed E-state index contributed by atoms with van der Waals surface area (Å²) >= 11 is 0. The Kier molecular flexibility index (Phi) is 11.2. The van der Waals surface area contributed by atoms with E-state index in [4.69, 9.17) is 9.73 Å². The van der Waals surface area contributed by atoms with Gasteiger partial charge in [-0.25, -0.2) is 4.79 Å². The lowest BCUT2D eigenvalue weighted by molar-refractivity contribution is 0.0522. The van der Waals surface area contributed by atoms with Crippen molar-refractivity contribution >= 4 is 12.2 Å². The highest BCUT2D eigenvalue weighted by atomic mass is 16.5. The minimum Gasteiger partial charge on any atom is -0.507 e. The zero-order valence-electron chi connectivity index (χ0n) is 33.1. The predicted octanol–water partition coefficient (Wildman–Crippen LogP) is 10.3. The number of hydrogen-bond donors (Lipinski definition) is 2. The molecule has 272 valence electrons. The molecular formula is C46H59NO4. The molecule has 0 saturated heterocycles. The summed E-state index contributed by atoms with van der Waals surface area (Å²) in [5, 5.41) is 24.8. The molecule has 4 aromatic carbocycles. The van der Waals surface area contributed by atoms with Crippen LogP contribution < -0.4 is 0 Å². The van der Waals surface area contributed by atoms with Crippen molar-refractivity contribution in [3.8, 4) is 5.75 Å². The molecule has 2 N–H and O–H groups in total. The van der Waals surface area contributed by atoms with Crippen molar-refractivity contribution in [1.29, 1.82) is 0 Å². The number of hydrogen-bond acceptors (Lipinski definition) is 5. The molecule has 4 aromatic rings. The van der Waals surface area contributed by atoms with Gasteiger partial charge in [-0.05, 0) is 85.2 Å². The predicted molar refractivity (Wildman–Crippen MR) is 212 cm³/mol. The van der Waals surface area contributed by atoms with Gasteiger partial charge in [-0.15, -0.1) is 0 Å². The molecule has 0 aromatic heterocycles. The Hall–Kier alpha value is -4.22. The number of phenols is 1. The molecule has 0 spiro atoms. The van der Waals surface area contributed by atoms with Crippen LogP contribution in [0.3, 0.4) is 0 Å². The van der Waals surface area contributed by atoms with Gasteiger partial charge in [0.2, 0.25) is 0 Å². The van der Waals surface area contributed by atoms with Crippen LogP contribution in [0.4, 0.5) is 0 Å². The molecule has 0 aliphatic rings. The van der Waals surface area contributed by atoms with Crippen molar-refractivity contribution in [2.45, 2.75) is 123 Å². The fraction of sp³-hybridized carbons (Fsp3) is 0.435. The molecule has 5 nitrogen and oxygen atoms in total. The van der Waals surface area contributed by atoms with E-state index in [9.17, 15) is 15.0 Å². The van der Waals surface area contributed by atoms with E-state index < -0.39 is 17.6 Å². The monoisotopic (exact) mass is 689 g/mol. The van der Waals surface area contributed by atoms with Gasteiger partial charge in [-0.1, -0.05) is 150 Å². The van der Waals surface area contributed by atoms with Crippen molar-refractivity contribution in [2.24, 2.45) is 4.99 Å². The third-order valence-corrected chi connectivity index (χ3v) is 9.81. The number of nitrogens with zero attached hydrogens (tertiary/aromatic N) is 1. The van der Waals surface area contributed by atoms with Crippen molar-refractivity contribution in [3.63, 3.8) is 0 Å². The van der Waals surface area contributed by atoms with E-state index in [1.54, 1.807) is 12.3 Å². The normalized spacial score (nSPS) is 13.8. The van der Waals surface area contributed by atoms with Crippen molar-refractivity contribution in [2.75, 3.05) is 7.11 Å². The second-order valence-electron chi connectivity index (χ2n) is 18.1. The van der Waals surface area contributed by atoms with Gasteiger partial charge >= 0.3 is 5.97 Å². The van der Waals surface area contributed by atoms with E-state index in [2.05, 4.69) is 132 Å². The first-order valence-electron chi connectivity index (χ1n) is 18.0. The van der Waals surface area contributed by atoms with Crippen LogP contribution in [0, 0.1) is 0 Å². The highest BCUT2D eigenvalue weighted by Crippen LogP contribution is 2.43. The van der Waals surface area contributed by atoms with Crippen LogP contribution in [0.1, 0.15) is 138 Å². The van der Waals surface area contributed by atoms with E-state index in [1.807, 2.05) is 18.2 Å². The highest BCUT2D eigenvalue weighted by Gasteiger charge is 2.43. The summed E-state index contributed by atoms with van der Waals surface area (Å²) < 4.78 is 4.95. The SMILES string of the molecule is COC(=O)c1ccc(O)c(C=NC(Cc2ccccc2)C(O)(c2cc(C(C)(C)C)cc(C(C)(C)C)c2)c2cc(C(C)(C)C)cc(C(C)(C)C)c2)c1. The Morgan fingerprint density at radius 3 is 1.45 bits per heavy atom. The standard InChI is InChI=1S/C46H59NO4/c1-42(2,3)33-23-34(43(4,5)6)26-37(25-33)46(50,38-27-35(44(7,8)9)24-36(28-38)45(10,11)12)40(21-30-17-15-14-16-18-30)47-29-32-22-31(41(49)51-13)19-20-39(32)48/h14-20,22-29,40,48,50H,21H2,1-13H3. The van der Waals surface area contributed by atoms with Crippen molar-refractivity contribution < 1.29 is 19.7 Å². The number of aliphatic hydroxyl groups is 1. The number of rotatable bonds is 8. The van der Waals surface area contributed by atoms with Crippen LogP contribution in [-0.4, -0.2) is 35.5 Å². The number of phenolic OH excluding ortho intramolecular Hbond substituents is 1. The van der Waals surface area contributed by atoms with Gasteiger partial charge in [0.25, 0.3) is 0 Å². The summed E-state index contributed by atoms with van der Waals surface area (Å²) in [5.74, 6) is -0.535. The largest absolute Gasteiger partial charge is 0.507 e. The Labute approximate surface area is 306 Å². The van der Waals surface area contributed by atoms with Crippen LogP contribution in [0.5, 0.6) is 5.75 Å². The molecule has 0 fully saturated rings. The second-order valence-corrected chi connectivity index (χ2v) is 18.1. The molecule has 0 saturated carbocycles. The average molecular weight is 690 g/mol. The van der Waals surface area contributed by atoms with Crippen molar-refractivity contribution in [1.82, 2.24) is 0 Å². The van der Waals surface area contributed by atoms with Gasteiger partial charge in [0.1, 0.15) is 11.4 Å². The maximum Gasteiger partial charge on any atom is 0.337 e. The summed E-state index contributed by atoms with van der Waals surface area (Å²) in [5.41, 5.74) is 5.28. The molecular weight excluding hydrogens is 631 g/mol. The molecule has 4 rings (SSSR count). The van der Waals surface area contributed by atoms with E-state index >= 15 is 0 Å². The number of aliphatic imine (C=N–C) groups is 1. The number of carbonyl (C=O) groups excluding carboxylic acids is 1. The first-order chi connectivity index (χ1) is 23.4. The minimum absolute atomic E-state index is 0.0251. The summed E-state index contributed by atoms with van der Waals surface area (Å²) in [6, 6.07) is 27.0. The van der Waals surface area contributed by atoms with Gasteiger partial charge in [-0.2, -0.15) is 0 Å². The van der Waals surface area contributed by atoms with Crippen molar-refractivity contribution in [3.05, 3.63) is 135 Å². The first-order valence-corrected chi connectivity index (χ1v) is 18.0. The molecule has 0 aliphatic heterocycles. The quantitative estimate of drug-likeness (QED) is 0.143. The van der Waals surface area contributed by atoms with Gasteiger partial charge in [0.05, 0.1) is 18.7 Å². The molecule has 0 amide bonds. The van der Waals surface area contributed by atoms with Crippen LogP contribution in [0.25, 0.3) is 0 Å². The molecule has 0 heterocycles. The van der Waals surface area contributed by atoms with Gasteiger partial charge in [0, 0.05) is 11.8 Å². The molecule has 5 heteroatoms. The van der Waals surface area contributed by atoms with E-state index in [1.165, 1.54) is 19.2 Å². The maximum absolute atomic E-state index is 13.9. The van der Waals surface area contributed by atoms with E-state index in [-0.39, 0.29) is 27.4 Å². The fourth-order valence-corrected chi connectivity index (χ4v) is 6.20. The minimum atomic E-state index is -1.62. The van der Waals surface area contributed by atoms with E-state index in [0.717, 1.165) is 38.9 Å². The van der Waals surface area contributed by atoms with Crippen LogP contribution >= 0.6 is 0 Å². The fourth-order valence-electron chi connectivity index (χ4n) is 6.20. The molecule has 1 unspecified atom stereocenters. The summed E-state index contributed by atoms with van der Waals surface area (Å²) in [6.07, 6.45) is 1.98. The molecule has 1 atom stereocenters. The topological polar surface area (TPSA) is 79.1 Å². The van der Waals surface area contributed by atoms with Crippen LogP contribution in [-0.2, 0) is 38.4 Å². The van der Waals surface area contributed by atoms with E-state index in [0.29, 0.717) is 17.5 Å². The van der Waals surface area contributed by atoms with Gasteiger partial charge in [0.15, 0.2) is 0 Å². The zero-order valence-corrected chi connectivity index (χ0v) is 33.1. The maximum atomic E-state index is 13.9. The molecule has 51 heavy (non-hydrogen) atoms. The number of methoxy groups -OCH3 is 1.